The number of benzene rings is 2. The fraction of sp³-hybridized carbons (Fsp3) is 0.273. The molecule has 50 heavy (non-hydrogen) atoms. The molecule has 6 N–H and O–H groups in total. The summed E-state index contributed by atoms with van der Waals surface area (Å²) in [4.78, 5) is 18.8. The molecule has 2 aromatic carbocycles. The Hall–Kier alpha value is -5.36. The van der Waals surface area contributed by atoms with E-state index in [9.17, 15) is 0 Å². The second-order valence-electron chi connectivity index (χ2n) is 13.6. The van der Waals surface area contributed by atoms with E-state index in [2.05, 4.69) is 102 Å². The Morgan fingerprint density at radius 3 is 1.48 bits per heavy atom. The maximum atomic E-state index is 6.78. The molecule has 2 aliphatic heterocycles. The molecule has 6 nitrogen and oxygen atoms in total. The first-order chi connectivity index (χ1) is 24.1. The number of aromatic nitrogens is 4. The van der Waals surface area contributed by atoms with Crippen LogP contribution in [0.4, 0.5) is 11.4 Å². The van der Waals surface area contributed by atoms with Crippen LogP contribution in [-0.2, 0) is 12.8 Å². The van der Waals surface area contributed by atoms with Crippen LogP contribution in [0.15, 0.2) is 60.7 Å². The second-order valence-corrected chi connectivity index (χ2v) is 13.6. The van der Waals surface area contributed by atoms with Gasteiger partial charge in [-0.05, 0) is 122 Å². The van der Waals surface area contributed by atoms with Crippen LogP contribution in [0.5, 0.6) is 0 Å². The number of fused-ring (bicyclic) bond motifs is 8. The Balaban J connectivity index is 1.80. The first-order valence-electron chi connectivity index (χ1n) is 18.0. The summed E-state index contributed by atoms with van der Waals surface area (Å²) in [6.45, 7) is 17.7. The summed E-state index contributed by atoms with van der Waals surface area (Å²) in [7, 11) is 0. The maximum Gasteiger partial charge on any atom is 0.0769 e. The molecule has 8 bridgehead atoms. The van der Waals surface area contributed by atoms with E-state index in [1.54, 1.807) is 0 Å². The molecule has 2 aliphatic rings. The van der Waals surface area contributed by atoms with Crippen molar-refractivity contribution < 1.29 is 0 Å². The average Bonchev–Trinajstić information content (AvgIpc) is 3.79. The number of nitrogens with zero attached hydrogens (tertiary/aromatic N) is 2. The smallest absolute Gasteiger partial charge is 0.0769 e. The number of hydrogen-bond acceptors (Lipinski definition) is 4. The summed E-state index contributed by atoms with van der Waals surface area (Å²) in [5.74, 6) is 0. The van der Waals surface area contributed by atoms with Crippen molar-refractivity contribution in [2.24, 2.45) is 0 Å². The van der Waals surface area contributed by atoms with Crippen molar-refractivity contribution in [3.63, 3.8) is 0 Å². The average molecular weight is 661 g/mol. The standard InChI is InChI=1S/C44H48N6/c1-9-27-24(6)41-39(31-17-13-15-19-33(31)45)42-25(7)28(10-2)37(49-42)22-38-29(11-3)26(8)43(50-38)40(32-18-14-16-20-34(32)46)44-30(12-4)23(5)35(47-44)21-36(27)48-41/h13-22,47,49H,9-12,45-46H2,1-8H3. The number of nitrogens with two attached hydrogens (primary N) is 2. The molecule has 6 heteroatoms. The van der Waals surface area contributed by atoms with Crippen molar-refractivity contribution in [3.8, 4) is 22.3 Å². The molecule has 0 saturated heterocycles. The van der Waals surface area contributed by atoms with Gasteiger partial charge in [0.1, 0.15) is 0 Å². The van der Waals surface area contributed by atoms with Gasteiger partial charge in [-0.15, -0.1) is 0 Å². The van der Waals surface area contributed by atoms with Crippen LogP contribution in [0.3, 0.4) is 0 Å². The van der Waals surface area contributed by atoms with Gasteiger partial charge < -0.3 is 21.4 Å². The van der Waals surface area contributed by atoms with Gasteiger partial charge in [0.25, 0.3) is 0 Å². The molecule has 7 rings (SSSR count). The highest BCUT2D eigenvalue weighted by Gasteiger charge is 2.26. The van der Waals surface area contributed by atoms with Gasteiger partial charge in [-0.3, -0.25) is 0 Å². The van der Waals surface area contributed by atoms with E-state index in [-0.39, 0.29) is 0 Å². The van der Waals surface area contributed by atoms with Gasteiger partial charge in [0, 0.05) is 44.7 Å². The van der Waals surface area contributed by atoms with Crippen molar-refractivity contribution in [3.05, 3.63) is 106 Å². The molecule has 0 spiro atoms. The molecule has 0 saturated carbocycles. The van der Waals surface area contributed by atoms with Crippen LogP contribution in [0.2, 0.25) is 0 Å². The van der Waals surface area contributed by atoms with Gasteiger partial charge in [-0.2, -0.15) is 0 Å². The molecule has 0 unspecified atom stereocenters. The predicted molar refractivity (Wildman–Crippen MR) is 214 cm³/mol. The second kappa shape index (κ2) is 12.8. The van der Waals surface area contributed by atoms with Gasteiger partial charge in [0.05, 0.1) is 33.8 Å². The van der Waals surface area contributed by atoms with Crippen LogP contribution in [0.1, 0.15) is 99.4 Å². The first kappa shape index (κ1) is 33.2. The lowest BCUT2D eigenvalue weighted by atomic mass is 9.94. The summed E-state index contributed by atoms with van der Waals surface area (Å²) in [5, 5.41) is 0. The molecule has 0 amide bonds. The zero-order chi connectivity index (χ0) is 35.4. The third-order valence-electron chi connectivity index (χ3n) is 10.9. The van der Waals surface area contributed by atoms with Crippen molar-refractivity contribution in [2.45, 2.75) is 81.1 Å². The highest BCUT2D eigenvalue weighted by molar-refractivity contribution is 6.05. The number of allylic oxidation sites excluding steroid dienone is 4. The first-order valence-corrected chi connectivity index (χ1v) is 18.0. The SMILES string of the molecule is CCC1=C(C)c2nc1cc1[nH]c(c(CC)c1C)c(-c1ccccc1N)c1nc(cc3[nH]c(c(C)c3CC)c2-c2ccccc2N)C(CC)=C1C. The third kappa shape index (κ3) is 5.08. The Morgan fingerprint density at radius 2 is 1.00 bits per heavy atom. The van der Waals surface area contributed by atoms with Crippen molar-refractivity contribution in [2.75, 3.05) is 11.5 Å². The Kier molecular flexibility index (Phi) is 8.51. The molecule has 5 heterocycles. The van der Waals surface area contributed by atoms with E-state index in [1.165, 1.54) is 44.5 Å². The number of rotatable bonds is 6. The predicted octanol–water partition coefficient (Wildman–Crippen LogP) is 11.2. The Bertz CT molecular complexity index is 2430. The minimum atomic E-state index is 0.729. The summed E-state index contributed by atoms with van der Waals surface area (Å²) in [6, 6.07) is 20.8. The Morgan fingerprint density at radius 1 is 0.540 bits per heavy atom. The van der Waals surface area contributed by atoms with E-state index in [1.807, 2.05) is 24.3 Å². The number of nitrogen functional groups attached to an aromatic ring is 2. The minimum absolute atomic E-state index is 0.729. The van der Waals surface area contributed by atoms with Crippen LogP contribution in [0, 0.1) is 13.8 Å². The van der Waals surface area contributed by atoms with Gasteiger partial charge in [0.2, 0.25) is 0 Å². The zero-order valence-corrected chi connectivity index (χ0v) is 30.7. The molecule has 0 atom stereocenters. The number of para-hydroxylation sites is 2. The molecule has 254 valence electrons. The van der Waals surface area contributed by atoms with Gasteiger partial charge in [-0.1, -0.05) is 64.1 Å². The van der Waals surface area contributed by atoms with Gasteiger partial charge in [-0.25, -0.2) is 9.97 Å². The molecular weight excluding hydrogens is 613 g/mol. The number of nitrogens with one attached hydrogen (secondary N) is 2. The summed E-state index contributed by atoms with van der Waals surface area (Å²) in [5.41, 5.74) is 36.9. The summed E-state index contributed by atoms with van der Waals surface area (Å²) in [6.07, 6.45) is 3.44. The van der Waals surface area contributed by atoms with Crippen LogP contribution in [-0.4, -0.2) is 19.9 Å². The van der Waals surface area contributed by atoms with Crippen molar-refractivity contribution in [1.29, 1.82) is 0 Å². The minimum Gasteiger partial charge on any atom is -0.398 e. The summed E-state index contributed by atoms with van der Waals surface area (Å²) >= 11 is 0. The van der Waals surface area contributed by atoms with Crippen LogP contribution < -0.4 is 11.5 Å². The number of hydrogen-bond donors (Lipinski definition) is 4. The molecule has 5 aromatic rings. The van der Waals surface area contributed by atoms with Crippen LogP contribution in [0.25, 0.3) is 66.6 Å². The van der Waals surface area contributed by atoms with Gasteiger partial charge in [0.15, 0.2) is 0 Å². The highest BCUT2D eigenvalue weighted by atomic mass is 14.8. The van der Waals surface area contributed by atoms with Crippen LogP contribution >= 0.6 is 0 Å². The van der Waals surface area contributed by atoms with E-state index in [0.29, 0.717) is 0 Å². The fourth-order valence-electron chi connectivity index (χ4n) is 8.25. The maximum absolute atomic E-state index is 6.78. The molecular formula is C44H48N6. The van der Waals surface area contributed by atoms with Crippen molar-refractivity contribution >= 4 is 55.7 Å². The molecule has 0 fully saturated rings. The largest absolute Gasteiger partial charge is 0.398 e. The monoisotopic (exact) mass is 660 g/mol. The number of anilines is 2. The quantitative estimate of drug-likeness (QED) is 0.136. The Labute approximate surface area is 295 Å². The lowest BCUT2D eigenvalue weighted by Gasteiger charge is -2.11. The van der Waals surface area contributed by atoms with E-state index < -0.39 is 0 Å². The topological polar surface area (TPSA) is 109 Å². The lowest BCUT2D eigenvalue weighted by Crippen LogP contribution is -1.95. The van der Waals surface area contributed by atoms with Crippen molar-refractivity contribution in [1.82, 2.24) is 19.9 Å². The fourth-order valence-corrected chi connectivity index (χ4v) is 8.25. The number of H-pyrrole nitrogens is 2. The molecule has 0 radical (unpaired) electrons. The van der Waals surface area contributed by atoms with E-state index >= 15 is 0 Å². The lowest BCUT2D eigenvalue weighted by molar-refractivity contribution is 1.14. The van der Waals surface area contributed by atoms with Gasteiger partial charge >= 0.3 is 0 Å². The third-order valence-corrected chi connectivity index (χ3v) is 10.9. The number of aryl methyl sites for hydroxylation is 4. The summed E-state index contributed by atoms with van der Waals surface area (Å²) < 4.78 is 0. The normalized spacial score (nSPS) is 13.1. The molecule has 0 aliphatic carbocycles. The highest BCUT2D eigenvalue weighted by Crippen LogP contribution is 2.45. The zero-order valence-electron chi connectivity index (χ0n) is 30.7. The molecule has 3 aromatic heterocycles. The van der Waals surface area contributed by atoms with E-state index in [4.69, 9.17) is 21.4 Å². The number of aromatic amines is 2. The van der Waals surface area contributed by atoms with E-state index in [0.717, 1.165) is 104 Å².